The SMILES string of the molecule is FCF.Oc1ccc(-c2ccccc2)cc1O. The molecule has 0 saturated heterocycles. The Balaban J connectivity index is 0.000000437. The minimum atomic E-state index is -1.75. The second kappa shape index (κ2) is 6.48. The van der Waals surface area contributed by atoms with Crippen molar-refractivity contribution in [1.29, 1.82) is 0 Å². The van der Waals surface area contributed by atoms with Gasteiger partial charge >= 0.3 is 0 Å². The van der Waals surface area contributed by atoms with Crippen LogP contribution in [0.25, 0.3) is 11.1 Å². The van der Waals surface area contributed by atoms with Gasteiger partial charge in [0.15, 0.2) is 11.5 Å². The fourth-order valence-corrected chi connectivity index (χ4v) is 1.33. The smallest absolute Gasteiger partial charge is 0.229 e. The number of alkyl halides is 2. The minimum absolute atomic E-state index is 0.0913. The molecule has 0 aliphatic heterocycles. The zero-order valence-corrected chi connectivity index (χ0v) is 8.98. The minimum Gasteiger partial charge on any atom is -0.504 e. The Labute approximate surface area is 97.8 Å². The van der Waals surface area contributed by atoms with Crippen LogP contribution in [0, 0.1) is 0 Å². The van der Waals surface area contributed by atoms with E-state index in [0.717, 1.165) is 11.1 Å². The molecule has 2 rings (SSSR count). The number of aromatic hydroxyl groups is 2. The van der Waals surface area contributed by atoms with Crippen molar-refractivity contribution >= 4 is 0 Å². The van der Waals surface area contributed by atoms with Crippen molar-refractivity contribution in [1.82, 2.24) is 0 Å². The normalized spacial score (nSPS) is 9.29. The summed E-state index contributed by atoms with van der Waals surface area (Å²) in [7, 11) is 0. The fraction of sp³-hybridized carbons (Fsp3) is 0.0769. The predicted octanol–water partition coefficient (Wildman–Crippen LogP) is 3.65. The first-order chi connectivity index (χ1) is 8.19. The summed E-state index contributed by atoms with van der Waals surface area (Å²) in [5.41, 5.74) is 1.91. The van der Waals surface area contributed by atoms with Crippen molar-refractivity contribution in [3.63, 3.8) is 0 Å². The highest BCUT2D eigenvalue weighted by atomic mass is 19.3. The third-order valence-electron chi connectivity index (χ3n) is 2.08. The zero-order valence-electron chi connectivity index (χ0n) is 8.98. The van der Waals surface area contributed by atoms with E-state index >= 15 is 0 Å². The van der Waals surface area contributed by atoms with E-state index in [1.807, 2.05) is 30.3 Å². The van der Waals surface area contributed by atoms with Gasteiger partial charge in [-0.15, -0.1) is 0 Å². The van der Waals surface area contributed by atoms with E-state index in [4.69, 9.17) is 5.11 Å². The van der Waals surface area contributed by atoms with Gasteiger partial charge in [-0.25, -0.2) is 8.78 Å². The van der Waals surface area contributed by atoms with Crippen LogP contribution in [0.3, 0.4) is 0 Å². The third-order valence-corrected chi connectivity index (χ3v) is 2.08. The fourth-order valence-electron chi connectivity index (χ4n) is 1.33. The molecule has 2 N–H and O–H groups in total. The first-order valence-electron chi connectivity index (χ1n) is 4.88. The summed E-state index contributed by atoms with van der Waals surface area (Å²) in [6.45, 7) is -1.75. The Hall–Kier alpha value is -2.10. The van der Waals surface area contributed by atoms with Crippen LogP contribution in [-0.4, -0.2) is 17.1 Å². The van der Waals surface area contributed by atoms with Crippen molar-refractivity contribution in [3.8, 4) is 22.6 Å². The number of hydrogen-bond acceptors (Lipinski definition) is 2. The van der Waals surface area contributed by atoms with Gasteiger partial charge in [-0.1, -0.05) is 36.4 Å². The van der Waals surface area contributed by atoms with Crippen molar-refractivity contribution in [2.24, 2.45) is 0 Å². The van der Waals surface area contributed by atoms with Gasteiger partial charge in [0, 0.05) is 0 Å². The molecule has 17 heavy (non-hydrogen) atoms. The van der Waals surface area contributed by atoms with Gasteiger partial charge in [0.2, 0.25) is 6.93 Å². The molecule has 0 atom stereocenters. The van der Waals surface area contributed by atoms with E-state index in [1.165, 1.54) is 6.07 Å². The van der Waals surface area contributed by atoms with Gasteiger partial charge < -0.3 is 10.2 Å². The Morgan fingerprint density at radius 2 is 1.35 bits per heavy atom. The van der Waals surface area contributed by atoms with Crippen molar-refractivity contribution < 1.29 is 19.0 Å². The molecule has 0 unspecified atom stereocenters. The van der Waals surface area contributed by atoms with Gasteiger partial charge in [0.05, 0.1) is 0 Å². The van der Waals surface area contributed by atoms with Crippen LogP contribution in [0.4, 0.5) is 8.78 Å². The monoisotopic (exact) mass is 238 g/mol. The van der Waals surface area contributed by atoms with E-state index in [1.54, 1.807) is 12.1 Å². The van der Waals surface area contributed by atoms with Crippen LogP contribution >= 0.6 is 0 Å². The number of benzene rings is 2. The lowest BCUT2D eigenvalue weighted by Gasteiger charge is -2.02. The summed E-state index contributed by atoms with van der Waals surface area (Å²) in [4.78, 5) is 0. The summed E-state index contributed by atoms with van der Waals surface area (Å²) in [6, 6.07) is 14.5. The van der Waals surface area contributed by atoms with Gasteiger partial charge in [-0.05, 0) is 23.3 Å². The van der Waals surface area contributed by atoms with E-state index in [2.05, 4.69) is 0 Å². The van der Waals surface area contributed by atoms with E-state index in [-0.39, 0.29) is 11.5 Å². The van der Waals surface area contributed by atoms with Crippen LogP contribution in [0.5, 0.6) is 11.5 Å². The molecule has 2 nitrogen and oxygen atoms in total. The van der Waals surface area contributed by atoms with Crippen LogP contribution < -0.4 is 0 Å². The summed E-state index contributed by atoms with van der Waals surface area (Å²) >= 11 is 0. The Morgan fingerprint density at radius 3 is 1.88 bits per heavy atom. The number of phenolic OH excluding ortho intramolecular Hbond substituents is 2. The molecule has 0 aromatic heterocycles. The number of hydrogen-bond donors (Lipinski definition) is 2. The average molecular weight is 238 g/mol. The molecule has 0 amide bonds. The summed E-state index contributed by atoms with van der Waals surface area (Å²) < 4.78 is 19.2. The van der Waals surface area contributed by atoms with Crippen molar-refractivity contribution in [2.75, 3.05) is 6.93 Å². The molecule has 2 aromatic carbocycles. The summed E-state index contributed by atoms with van der Waals surface area (Å²) in [5.74, 6) is -0.184. The average Bonchev–Trinajstić information content (AvgIpc) is 2.35. The predicted molar refractivity (Wildman–Crippen MR) is 62.3 cm³/mol. The highest BCUT2D eigenvalue weighted by molar-refractivity contribution is 5.66. The quantitative estimate of drug-likeness (QED) is 0.744. The molecule has 0 fully saturated rings. The van der Waals surface area contributed by atoms with Crippen LogP contribution in [0.15, 0.2) is 48.5 Å². The van der Waals surface area contributed by atoms with Crippen LogP contribution in [0.2, 0.25) is 0 Å². The van der Waals surface area contributed by atoms with Crippen molar-refractivity contribution in [3.05, 3.63) is 48.5 Å². The Kier molecular flexibility index (Phi) is 4.94. The summed E-state index contributed by atoms with van der Waals surface area (Å²) in [5, 5.41) is 18.5. The maximum absolute atomic E-state index is 9.62. The lowest BCUT2D eigenvalue weighted by atomic mass is 10.1. The number of halogens is 2. The molecule has 2 aromatic rings. The molecule has 0 spiro atoms. The van der Waals surface area contributed by atoms with Gasteiger partial charge in [-0.2, -0.15) is 0 Å². The highest BCUT2D eigenvalue weighted by Gasteiger charge is 2.01. The third kappa shape index (κ3) is 3.75. The molecular weight excluding hydrogens is 226 g/mol. The molecule has 4 heteroatoms. The standard InChI is InChI=1S/C12H10O2.CH2F2/c13-11-7-6-10(8-12(11)14)9-4-2-1-3-5-9;2-1-3/h1-8,13-14H;1H2. The van der Waals surface area contributed by atoms with E-state index < -0.39 is 6.93 Å². The Bertz CT molecular complexity index is 458. The first kappa shape index (κ1) is 13.0. The van der Waals surface area contributed by atoms with Gasteiger partial charge in [-0.3, -0.25) is 0 Å². The van der Waals surface area contributed by atoms with E-state index in [9.17, 15) is 13.9 Å². The molecule has 0 bridgehead atoms. The zero-order chi connectivity index (χ0) is 12.7. The lowest BCUT2D eigenvalue weighted by Crippen LogP contribution is -1.76. The molecule has 90 valence electrons. The number of phenols is 2. The Morgan fingerprint density at radius 1 is 0.765 bits per heavy atom. The molecule has 0 heterocycles. The molecule has 0 saturated carbocycles. The molecular formula is C13H12F2O2. The molecule has 0 aliphatic rings. The number of rotatable bonds is 1. The second-order valence-corrected chi connectivity index (χ2v) is 3.17. The van der Waals surface area contributed by atoms with Gasteiger partial charge in [0.25, 0.3) is 0 Å². The molecule has 0 radical (unpaired) electrons. The first-order valence-corrected chi connectivity index (χ1v) is 4.88. The summed E-state index contributed by atoms with van der Waals surface area (Å²) in [6.07, 6.45) is 0. The van der Waals surface area contributed by atoms with E-state index in [0.29, 0.717) is 0 Å². The maximum atomic E-state index is 9.62. The van der Waals surface area contributed by atoms with Crippen LogP contribution in [0.1, 0.15) is 0 Å². The lowest BCUT2D eigenvalue weighted by molar-refractivity contribution is 0.295. The maximum Gasteiger partial charge on any atom is 0.229 e. The topological polar surface area (TPSA) is 40.5 Å². The molecule has 0 aliphatic carbocycles. The van der Waals surface area contributed by atoms with Gasteiger partial charge in [0.1, 0.15) is 0 Å². The highest BCUT2D eigenvalue weighted by Crippen LogP contribution is 2.30. The second-order valence-electron chi connectivity index (χ2n) is 3.17. The largest absolute Gasteiger partial charge is 0.504 e. The van der Waals surface area contributed by atoms with Crippen molar-refractivity contribution in [2.45, 2.75) is 0 Å². The van der Waals surface area contributed by atoms with Crippen LogP contribution in [-0.2, 0) is 0 Å².